The molecule has 0 bridgehead atoms. The standard InChI is InChI=1S/C20H26O5/c1-12(14-10-15(24-18(14)22)13-7-9-23-11-13)6-8-19(2)16(21)4-5-17-20(19,3)25-17/h7,9,11-12,14-15,17H,4-6,8,10H2,1-3H3/t12?,14-,15+,17?,19+,20-/m1/s1. The second kappa shape index (κ2) is 5.70. The van der Waals surface area contributed by atoms with E-state index in [2.05, 4.69) is 13.8 Å². The summed E-state index contributed by atoms with van der Waals surface area (Å²) in [6.07, 6.45) is 6.99. The van der Waals surface area contributed by atoms with Gasteiger partial charge >= 0.3 is 5.97 Å². The van der Waals surface area contributed by atoms with E-state index >= 15 is 0 Å². The van der Waals surface area contributed by atoms with Crippen molar-refractivity contribution in [1.82, 2.24) is 0 Å². The Kier molecular flexibility index (Phi) is 3.83. The van der Waals surface area contributed by atoms with Crippen LogP contribution in [-0.2, 0) is 19.1 Å². The van der Waals surface area contributed by atoms with Gasteiger partial charge in [0.25, 0.3) is 0 Å². The van der Waals surface area contributed by atoms with Crippen molar-refractivity contribution >= 4 is 11.8 Å². The molecule has 2 unspecified atom stereocenters. The van der Waals surface area contributed by atoms with E-state index in [1.54, 1.807) is 12.5 Å². The van der Waals surface area contributed by atoms with Crippen LogP contribution in [0.1, 0.15) is 64.5 Å². The van der Waals surface area contributed by atoms with Gasteiger partial charge in [0.1, 0.15) is 17.5 Å². The Morgan fingerprint density at radius 1 is 1.32 bits per heavy atom. The maximum atomic E-state index is 12.6. The summed E-state index contributed by atoms with van der Waals surface area (Å²) in [6.45, 7) is 6.20. The van der Waals surface area contributed by atoms with E-state index < -0.39 is 5.41 Å². The molecule has 2 saturated heterocycles. The highest BCUT2D eigenvalue weighted by molar-refractivity contribution is 5.87. The molecule has 0 radical (unpaired) electrons. The van der Waals surface area contributed by atoms with Crippen LogP contribution < -0.4 is 0 Å². The topological polar surface area (TPSA) is 69.0 Å². The number of Topliss-reactive ketones (excluding diaryl/α,β-unsaturated/α-hetero) is 1. The second-order valence-electron chi connectivity index (χ2n) is 8.35. The monoisotopic (exact) mass is 346 g/mol. The summed E-state index contributed by atoms with van der Waals surface area (Å²) in [5, 5.41) is 0. The molecule has 1 aromatic rings. The van der Waals surface area contributed by atoms with Gasteiger partial charge in [-0.3, -0.25) is 9.59 Å². The number of esters is 1. The van der Waals surface area contributed by atoms with E-state index in [0.717, 1.165) is 24.8 Å². The lowest BCUT2D eigenvalue weighted by Gasteiger charge is -2.36. The van der Waals surface area contributed by atoms with Crippen molar-refractivity contribution in [1.29, 1.82) is 0 Å². The van der Waals surface area contributed by atoms with Crippen molar-refractivity contribution in [3.05, 3.63) is 24.2 Å². The second-order valence-corrected chi connectivity index (χ2v) is 8.35. The van der Waals surface area contributed by atoms with Gasteiger partial charge in [0, 0.05) is 18.4 Å². The average Bonchev–Trinajstić information content (AvgIpc) is 2.97. The Balaban J connectivity index is 1.40. The first-order valence-electron chi connectivity index (χ1n) is 9.29. The third kappa shape index (κ3) is 2.55. The maximum absolute atomic E-state index is 12.6. The highest BCUT2D eigenvalue weighted by Crippen LogP contribution is 2.58. The number of carbonyl (C=O) groups excluding carboxylic acids is 2. The predicted molar refractivity (Wildman–Crippen MR) is 89.7 cm³/mol. The number of carbonyl (C=O) groups is 2. The molecule has 0 aromatic carbocycles. The number of ketones is 1. The fourth-order valence-electron chi connectivity index (χ4n) is 4.73. The van der Waals surface area contributed by atoms with Crippen LogP contribution in [0.25, 0.3) is 0 Å². The number of furan rings is 1. The lowest BCUT2D eigenvalue weighted by molar-refractivity contribution is -0.145. The van der Waals surface area contributed by atoms with Gasteiger partial charge in [-0.05, 0) is 45.1 Å². The molecule has 2 aliphatic heterocycles. The average molecular weight is 346 g/mol. The molecule has 5 heteroatoms. The zero-order valence-corrected chi connectivity index (χ0v) is 15.1. The van der Waals surface area contributed by atoms with Gasteiger partial charge in [0.2, 0.25) is 0 Å². The van der Waals surface area contributed by atoms with Crippen LogP contribution in [0, 0.1) is 17.3 Å². The minimum absolute atomic E-state index is 0.120. The minimum Gasteiger partial charge on any atom is -0.472 e. The van der Waals surface area contributed by atoms with E-state index in [9.17, 15) is 9.59 Å². The molecule has 3 fully saturated rings. The molecule has 6 atom stereocenters. The zero-order valence-electron chi connectivity index (χ0n) is 15.1. The number of rotatable bonds is 5. The highest BCUT2D eigenvalue weighted by atomic mass is 16.6. The predicted octanol–water partition coefficient (Wildman–Crippen LogP) is 3.83. The molecular weight excluding hydrogens is 320 g/mol. The number of epoxide rings is 1. The Bertz CT molecular complexity index is 680. The van der Waals surface area contributed by atoms with Crippen molar-refractivity contribution in [2.45, 2.75) is 70.7 Å². The molecule has 5 nitrogen and oxygen atoms in total. The summed E-state index contributed by atoms with van der Waals surface area (Å²) < 4.78 is 16.5. The van der Waals surface area contributed by atoms with Crippen molar-refractivity contribution in [3.63, 3.8) is 0 Å². The first kappa shape index (κ1) is 16.8. The fourth-order valence-corrected chi connectivity index (χ4v) is 4.73. The van der Waals surface area contributed by atoms with E-state index in [-0.39, 0.29) is 35.6 Å². The molecule has 0 spiro atoms. The fraction of sp³-hybridized carbons (Fsp3) is 0.700. The number of hydrogen-bond acceptors (Lipinski definition) is 5. The molecule has 1 aliphatic carbocycles. The number of fused-ring (bicyclic) bond motifs is 1. The Labute approximate surface area is 148 Å². The summed E-state index contributed by atoms with van der Waals surface area (Å²) in [4.78, 5) is 24.9. The Morgan fingerprint density at radius 2 is 2.12 bits per heavy atom. The highest BCUT2D eigenvalue weighted by Gasteiger charge is 2.68. The Hall–Kier alpha value is -1.62. The van der Waals surface area contributed by atoms with Crippen molar-refractivity contribution in [2.24, 2.45) is 17.3 Å². The van der Waals surface area contributed by atoms with Gasteiger partial charge < -0.3 is 13.9 Å². The van der Waals surface area contributed by atoms with Crippen LogP contribution in [0.15, 0.2) is 23.0 Å². The summed E-state index contributed by atoms with van der Waals surface area (Å²) in [5.41, 5.74) is 0.174. The molecule has 25 heavy (non-hydrogen) atoms. The van der Waals surface area contributed by atoms with E-state index in [0.29, 0.717) is 18.6 Å². The zero-order chi connectivity index (χ0) is 17.8. The molecule has 1 saturated carbocycles. The van der Waals surface area contributed by atoms with Crippen molar-refractivity contribution < 1.29 is 23.5 Å². The SMILES string of the molecule is CC(CC[C@@]1(C)C(=O)CCC2O[C@]21C)[C@H]1C[C@@H](c2ccoc2)OC1=O. The lowest BCUT2D eigenvalue weighted by Crippen LogP contribution is -2.46. The van der Waals surface area contributed by atoms with Crippen molar-refractivity contribution in [2.75, 3.05) is 0 Å². The summed E-state index contributed by atoms with van der Waals surface area (Å²) in [5.74, 6) is 0.231. The van der Waals surface area contributed by atoms with Gasteiger partial charge in [0.05, 0.1) is 30.0 Å². The van der Waals surface area contributed by atoms with Crippen molar-refractivity contribution in [3.8, 4) is 0 Å². The molecule has 0 amide bonds. The number of cyclic esters (lactones) is 1. The normalized spacial score (nSPS) is 41.3. The summed E-state index contributed by atoms with van der Waals surface area (Å²) >= 11 is 0. The number of hydrogen-bond donors (Lipinski definition) is 0. The smallest absolute Gasteiger partial charge is 0.309 e. The quantitative estimate of drug-likeness (QED) is 0.599. The number of ether oxygens (including phenoxy) is 2. The van der Waals surface area contributed by atoms with Crippen LogP contribution in [-0.4, -0.2) is 23.5 Å². The first-order valence-corrected chi connectivity index (χ1v) is 9.29. The molecule has 1 aromatic heterocycles. The third-order valence-electron chi connectivity index (χ3n) is 7.02. The molecular formula is C20H26O5. The van der Waals surface area contributed by atoms with Crippen LogP contribution in [0.4, 0.5) is 0 Å². The lowest BCUT2D eigenvalue weighted by atomic mass is 9.63. The molecule has 0 N–H and O–H groups in total. The summed E-state index contributed by atoms with van der Waals surface area (Å²) in [6, 6.07) is 1.85. The molecule has 136 valence electrons. The first-order chi connectivity index (χ1) is 11.8. The largest absolute Gasteiger partial charge is 0.472 e. The van der Waals surface area contributed by atoms with Crippen LogP contribution in [0.5, 0.6) is 0 Å². The maximum Gasteiger partial charge on any atom is 0.309 e. The van der Waals surface area contributed by atoms with E-state index in [1.807, 2.05) is 13.0 Å². The van der Waals surface area contributed by atoms with Crippen LogP contribution in [0.3, 0.4) is 0 Å². The van der Waals surface area contributed by atoms with Gasteiger partial charge in [-0.25, -0.2) is 0 Å². The molecule has 3 aliphatic rings. The van der Waals surface area contributed by atoms with Crippen LogP contribution >= 0.6 is 0 Å². The minimum atomic E-state index is -0.434. The van der Waals surface area contributed by atoms with E-state index in [1.165, 1.54) is 0 Å². The third-order valence-corrected chi connectivity index (χ3v) is 7.02. The van der Waals surface area contributed by atoms with Gasteiger partial charge in [0.15, 0.2) is 0 Å². The van der Waals surface area contributed by atoms with Gasteiger partial charge in [-0.1, -0.05) is 6.92 Å². The summed E-state index contributed by atoms with van der Waals surface area (Å²) in [7, 11) is 0. The molecule has 3 heterocycles. The molecule has 4 rings (SSSR count). The Morgan fingerprint density at radius 3 is 2.84 bits per heavy atom. The van der Waals surface area contributed by atoms with Gasteiger partial charge in [-0.15, -0.1) is 0 Å². The van der Waals surface area contributed by atoms with E-state index in [4.69, 9.17) is 13.9 Å². The van der Waals surface area contributed by atoms with Gasteiger partial charge in [-0.2, -0.15) is 0 Å². The van der Waals surface area contributed by atoms with Crippen LogP contribution in [0.2, 0.25) is 0 Å².